The van der Waals surface area contributed by atoms with Gasteiger partial charge in [-0.1, -0.05) is 43.0 Å². The van der Waals surface area contributed by atoms with Gasteiger partial charge in [-0.15, -0.1) is 0 Å². The van der Waals surface area contributed by atoms with Crippen LogP contribution in [0.3, 0.4) is 0 Å². The van der Waals surface area contributed by atoms with Crippen LogP contribution in [0, 0.1) is 0 Å². The van der Waals surface area contributed by atoms with Crippen molar-refractivity contribution in [2.75, 3.05) is 7.05 Å². The molecular weight excluding hydrogens is 294 g/mol. The van der Waals surface area contributed by atoms with Crippen molar-refractivity contribution in [1.82, 2.24) is 4.31 Å². The molecule has 3 nitrogen and oxygen atoms in total. The Morgan fingerprint density at radius 3 is 2.35 bits per heavy atom. The second kappa shape index (κ2) is 6.74. The van der Waals surface area contributed by atoms with Crippen molar-refractivity contribution in [1.29, 1.82) is 0 Å². The van der Waals surface area contributed by atoms with Crippen molar-refractivity contribution in [3.05, 3.63) is 40.3 Å². The maximum atomic E-state index is 12.3. The zero-order valence-corrected chi connectivity index (χ0v) is 13.2. The van der Waals surface area contributed by atoms with Crippen molar-refractivity contribution >= 4 is 27.7 Å². The first kappa shape index (κ1) is 15.5. The third kappa shape index (κ3) is 4.08. The Morgan fingerprint density at radius 2 is 1.75 bits per heavy atom. The van der Waals surface area contributed by atoms with Gasteiger partial charge in [0.15, 0.2) is 0 Å². The highest BCUT2D eigenvalue weighted by Gasteiger charge is 2.25. The molecule has 0 aromatic heterocycles. The molecule has 2 rings (SSSR count). The summed E-state index contributed by atoms with van der Waals surface area (Å²) >= 11 is 5.80. The summed E-state index contributed by atoms with van der Waals surface area (Å²) in [7, 11) is -1.67. The van der Waals surface area contributed by atoms with Crippen LogP contribution >= 0.6 is 11.6 Å². The average Bonchev–Trinajstić information content (AvgIpc) is 2.47. The molecule has 0 unspecified atom stereocenters. The largest absolute Gasteiger partial charge is 0.236 e. The van der Waals surface area contributed by atoms with Gasteiger partial charge >= 0.3 is 0 Å². The Labute approximate surface area is 126 Å². The van der Waals surface area contributed by atoms with Crippen LogP contribution in [0.2, 0.25) is 5.02 Å². The minimum Gasteiger partial charge on any atom is -0.208 e. The first-order valence-electron chi connectivity index (χ1n) is 6.91. The molecule has 20 heavy (non-hydrogen) atoms. The number of hydrogen-bond acceptors (Lipinski definition) is 2. The molecule has 0 aliphatic heterocycles. The van der Waals surface area contributed by atoms with Gasteiger partial charge in [0.25, 0.3) is 0 Å². The molecule has 1 fully saturated rings. The van der Waals surface area contributed by atoms with Crippen LogP contribution in [-0.2, 0) is 10.0 Å². The fourth-order valence-corrected chi connectivity index (χ4v) is 3.76. The molecule has 1 aliphatic carbocycles. The molecule has 0 radical (unpaired) electrons. The van der Waals surface area contributed by atoms with E-state index < -0.39 is 10.0 Å². The molecule has 0 spiro atoms. The smallest absolute Gasteiger partial charge is 0.208 e. The van der Waals surface area contributed by atoms with Gasteiger partial charge in [0.2, 0.25) is 10.0 Å². The SMILES string of the molecule is CN(C1CCCCC1)S(=O)(=O)C=Cc1ccc(Cl)cc1. The molecule has 0 atom stereocenters. The highest BCUT2D eigenvalue weighted by atomic mass is 35.5. The summed E-state index contributed by atoms with van der Waals surface area (Å²) in [6.07, 6.45) is 6.99. The molecule has 5 heteroatoms. The second-order valence-electron chi connectivity index (χ2n) is 5.21. The van der Waals surface area contributed by atoms with Gasteiger partial charge < -0.3 is 0 Å². The summed E-state index contributed by atoms with van der Waals surface area (Å²) in [4.78, 5) is 0. The van der Waals surface area contributed by atoms with E-state index in [1.165, 1.54) is 16.1 Å². The lowest BCUT2D eigenvalue weighted by Crippen LogP contribution is -2.37. The van der Waals surface area contributed by atoms with E-state index in [0.717, 1.165) is 31.2 Å². The monoisotopic (exact) mass is 313 g/mol. The van der Waals surface area contributed by atoms with E-state index in [9.17, 15) is 8.42 Å². The van der Waals surface area contributed by atoms with E-state index in [1.807, 2.05) is 0 Å². The van der Waals surface area contributed by atoms with Crippen molar-refractivity contribution in [2.24, 2.45) is 0 Å². The quantitative estimate of drug-likeness (QED) is 0.845. The highest BCUT2D eigenvalue weighted by molar-refractivity contribution is 7.92. The predicted octanol–water partition coefficient (Wildman–Crippen LogP) is 3.91. The van der Waals surface area contributed by atoms with E-state index >= 15 is 0 Å². The van der Waals surface area contributed by atoms with Crippen molar-refractivity contribution in [3.63, 3.8) is 0 Å². The number of hydrogen-bond donors (Lipinski definition) is 0. The second-order valence-corrected chi connectivity index (χ2v) is 7.52. The standard InChI is InChI=1S/C15H20ClNO2S/c1-17(15-5-3-2-4-6-15)20(18,19)12-11-13-7-9-14(16)10-8-13/h7-12,15H,2-6H2,1H3. The summed E-state index contributed by atoms with van der Waals surface area (Å²) in [6.45, 7) is 0. The lowest BCUT2D eigenvalue weighted by atomic mass is 9.96. The van der Waals surface area contributed by atoms with Crippen LogP contribution in [0.4, 0.5) is 0 Å². The van der Waals surface area contributed by atoms with E-state index in [4.69, 9.17) is 11.6 Å². The Morgan fingerprint density at radius 1 is 1.15 bits per heavy atom. The average molecular weight is 314 g/mol. The van der Waals surface area contributed by atoms with Crippen LogP contribution in [0.1, 0.15) is 37.7 Å². The molecule has 0 amide bonds. The molecule has 0 bridgehead atoms. The fourth-order valence-electron chi connectivity index (χ4n) is 2.49. The first-order valence-corrected chi connectivity index (χ1v) is 8.79. The van der Waals surface area contributed by atoms with E-state index in [0.29, 0.717) is 5.02 Å². The van der Waals surface area contributed by atoms with Crippen LogP contribution < -0.4 is 0 Å². The Bertz CT molecular complexity index is 560. The van der Waals surface area contributed by atoms with Crippen molar-refractivity contribution in [3.8, 4) is 0 Å². The van der Waals surface area contributed by atoms with Gasteiger partial charge in [-0.3, -0.25) is 0 Å². The molecule has 1 aromatic carbocycles. The Balaban J connectivity index is 2.07. The van der Waals surface area contributed by atoms with Crippen LogP contribution in [0.15, 0.2) is 29.7 Å². The van der Waals surface area contributed by atoms with E-state index in [1.54, 1.807) is 37.4 Å². The predicted molar refractivity (Wildman–Crippen MR) is 84.0 cm³/mol. The van der Waals surface area contributed by atoms with Gasteiger partial charge in [-0.2, -0.15) is 4.31 Å². The highest BCUT2D eigenvalue weighted by Crippen LogP contribution is 2.24. The first-order chi connectivity index (χ1) is 9.49. The number of sulfonamides is 1. The molecule has 0 N–H and O–H groups in total. The Hall–Kier alpha value is -0.840. The molecule has 0 heterocycles. The topological polar surface area (TPSA) is 37.4 Å². The molecule has 1 saturated carbocycles. The summed E-state index contributed by atoms with van der Waals surface area (Å²) in [5.74, 6) is 0. The lowest BCUT2D eigenvalue weighted by Gasteiger charge is -2.29. The third-order valence-electron chi connectivity index (χ3n) is 3.79. The minimum atomic E-state index is -3.35. The zero-order chi connectivity index (χ0) is 14.6. The minimum absolute atomic E-state index is 0.142. The molecule has 1 aromatic rings. The molecule has 0 saturated heterocycles. The maximum absolute atomic E-state index is 12.3. The Kier molecular flexibility index (Phi) is 5.24. The summed E-state index contributed by atoms with van der Waals surface area (Å²) in [5.41, 5.74) is 0.829. The van der Waals surface area contributed by atoms with Crippen LogP contribution in [0.25, 0.3) is 6.08 Å². The molecule has 110 valence electrons. The van der Waals surface area contributed by atoms with E-state index in [-0.39, 0.29) is 6.04 Å². The zero-order valence-electron chi connectivity index (χ0n) is 11.6. The fraction of sp³-hybridized carbons (Fsp3) is 0.467. The summed E-state index contributed by atoms with van der Waals surface area (Å²) < 4.78 is 26.1. The molecular formula is C15H20ClNO2S. The number of rotatable bonds is 4. The number of halogens is 1. The van der Waals surface area contributed by atoms with Crippen molar-refractivity contribution < 1.29 is 8.42 Å². The third-order valence-corrected chi connectivity index (χ3v) is 5.63. The van der Waals surface area contributed by atoms with Gasteiger partial charge in [0.05, 0.1) is 0 Å². The van der Waals surface area contributed by atoms with Gasteiger partial charge in [0, 0.05) is 23.5 Å². The molecule has 1 aliphatic rings. The van der Waals surface area contributed by atoms with Gasteiger partial charge in [-0.25, -0.2) is 8.42 Å². The van der Waals surface area contributed by atoms with Crippen LogP contribution in [-0.4, -0.2) is 25.8 Å². The number of benzene rings is 1. The lowest BCUT2D eigenvalue weighted by molar-refractivity contribution is 0.288. The van der Waals surface area contributed by atoms with E-state index in [2.05, 4.69) is 0 Å². The van der Waals surface area contributed by atoms with Crippen molar-refractivity contribution in [2.45, 2.75) is 38.1 Å². The van der Waals surface area contributed by atoms with Crippen LogP contribution in [0.5, 0.6) is 0 Å². The van der Waals surface area contributed by atoms with Gasteiger partial charge in [-0.05, 0) is 36.6 Å². The van der Waals surface area contributed by atoms with Gasteiger partial charge in [0.1, 0.15) is 0 Å². The summed E-state index contributed by atoms with van der Waals surface area (Å²) in [5, 5.41) is 1.93. The number of nitrogens with zero attached hydrogens (tertiary/aromatic N) is 1. The maximum Gasteiger partial charge on any atom is 0.236 e. The summed E-state index contributed by atoms with van der Waals surface area (Å²) in [6, 6.07) is 7.24. The normalized spacial score (nSPS) is 17.9.